The van der Waals surface area contributed by atoms with Crippen molar-refractivity contribution in [1.82, 2.24) is 9.80 Å². The second-order valence-corrected chi connectivity index (χ2v) is 5.63. The molecule has 0 bridgehead atoms. The fraction of sp³-hybridized carbons (Fsp3) is 0.308. The van der Waals surface area contributed by atoms with Gasteiger partial charge >= 0.3 is 17.8 Å². The number of nitrogens with zero attached hydrogens (tertiary/aromatic N) is 2. The van der Waals surface area contributed by atoms with Crippen molar-refractivity contribution in [3.8, 4) is 0 Å². The summed E-state index contributed by atoms with van der Waals surface area (Å²) < 4.78 is 0. The molecule has 0 radical (unpaired) electrons. The van der Waals surface area contributed by atoms with Gasteiger partial charge in [0.15, 0.2) is 0 Å². The van der Waals surface area contributed by atoms with Crippen LogP contribution in [0.2, 0.25) is 0 Å². The molecule has 1 aromatic rings. The lowest BCUT2D eigenvalue weighted by atomic mass is 10.3. The second kappa shape index (κ2) is 5.87. The van der Waals surface area contributed by atoms with Crippen LogP contribution in [0.25, 0.3) is 6.08 Å². The first-order chi connectivity index (χ1) is 9.47. The Morgan fingerprint density at radius 3 is 2.80 bits per heavy atom. The smallest absolute Gasteiger partial charge is 0.328 e. The van der Waals surface area contributed by atoms with Gasteiger partial charge in [-0.2, -0.15) is 0 Å². The molecule has 1 saturated heterocycles. The van der Waals surface area contributed by atoms with Crippen molar-refractivity contribution in [3.63, 3.8) is 0 Å². The highest BCUT2D eigenvalue weighted by molar-refractivity contribution is 7.12. The largest absolute Gasteiger partial charge is 0.478 e. The van der Waals surface area contributed by atoms with Gasteiger partial charge < -0.3 is 14.9 Å². The maximum atomic E-state index is 11.8. The predicted molar refractivity (Wildman–Crippen MR) is 74.0 cm³/mol. The summed E-state index contributed by atoms with van der Waals surface area (Å²) in [6.45, 7) is 1.42. The van der Waals surface area contributed by atoms with Crippen LogP contribution in [-0.2, 0) is 20.9 Å². The summed E-state index contributed by atoms with van der Waals surface area (Å²) >= 11 is 1.40. The van der Waals surface area contributed by atoms with Crippen molar-refractivity contribution < 1.29 is 19.5 Å². The molecule has 0 aromatic carbocycles. The van der Waals surface area contributed by atoms with Crippen LogP contribution in [0.15, 0.2) is 18.2 Å². The number of rotatable bonds is 4. The van der Waals surface area contributed by atoms with Crippen molar-refractivity contribution in [2.24, 2.45) is 0 Å². The normalized spacial score (nSPS) is 16.2. The van der Waals surface area contributed by atoms with E-state index in [2.05, 4.69) is 0 Å². The molecule has 1 N–H and O–H groups in total. The number of likely N-dealkylation sites (N-methyl/N-ethyl adjacent to an activating group) is 1. The van der Waals surface area contributed by atoms with Crippen LogP contribution < -0.4 is 0 Å². The molecule has 2 rings (SSSR count). The lowest BCUT2D eigenvalue weighted by Crippen LogP contribution is -2.52. The third-order valence-electron chi connectivity index (χ3n) is 2.94. The lowest BCUT2D eigenvalue weighted by molar-refractivity contribution is -0.155. The zero-order valence-electron chi connectivity index (χ0n) is 10.9. The lowest BCUT2D eigenvalue weighted by Gasteiger charge is -2.31. The van der Waals surface area contributed by atoms with Crippen LogP contribution in [-0.4, -0.2) is 52.8 Å². The van der Waals surface area contributed by atoms with Gasteiger partial charge in [-0.15, -0.1) is 11.3 Å². The third-order valence-corrected chi connectivity index (χ3v) is 3.98. The maximum absolute atomic E-state index is 11.8. The number of carbonyl (C=O) groups is 3. The number of hydrogen-bond donors (Lipinski definition) is 1. The number of carboxylic acid groups (broad SMARTS) is 1. The number of piperazine rings is 1. The molecule has 2 amide bonds. The van der Waals surface area contributed by atoms with Crippen LogP contribution in [0, 0.1) is 0 Å². The molecule has 1 aromatic heterocycles. The van der Waals surface area contributed by atoms with Crippen molar-refractivity contribution in [1.29, 1.82) is 0 Å². The monoisotopic (exact) mass is 294 g/mol. The summed E-state index contributed by atoms with van der Waals surface area (Å²) in [5, 5.41) is 8.55. The van der Waals surface area contributed by atoms with E-state index < -0.39 is 17.8 Å². The van der Waals surface area contributed by atoms with Crippen molar-refractivity contribution in [3.05, 3.63) is 28.0 Å². The van der Waals surface area contributed by atoms with Crippen LogP contribution in [0.4, 0.5) is 0 Å². The molecule has 20 heavy (non-hydrogen) atoms. The standard InChI is InChI=1S/C13H14N2O4S/c1-14-6-7-15(13(19)12(14)18)8-10-3-2-9(20-10)4-5-11(16)17/h2-5H,6-8H2,1H3,(H,16,17). The third kappa shape index (κ3) is 3.24. The Kier molecular flexibility index (Phi) is 4.19. The summed E-state index contributed by atoms with van der Waals surface area (Å²) in [5.74, 6) is -1.98. The van der Waals surface area contributed by atoms with Crippen LogP contribution in [0.1, 0.15) is 9.75 Å². The molecule has 0 saturated carbocycles. The van der Waals surface area contributed by atoms with Gasteiger partial charge in [0.2, 0.25) is 0 Å². The molecule has 1 aliphatic heterocycles. The molecule has 0 spiro atoms. The first-order valence-corrected chi connectivity index (χ1v) is 6.83. The Bertz CT molecular complexity index is 579. The zero-order chi connectivity index (χ0) is 14.7. The van der Waals surface area contributed by atoms with Crippen LogP contribution in [0.5, 0.6) is 0 Å². The van der Waals surface area contributed by atoms with E-state index in [0.717, 1.165) is 15.8 Å². The fourth-order valence-corrected chi connectivity index (χ4v) is 2.77. The average molecular weight is 294 g/mol. The highest BCUT2D eigenvalue weighted by atomic mass is 32.1. The van der Waals surface area contributed by atoms with Crippen LogP contribution in [0.3, 0.4) is 0 Å². The molecule has 1 aliphatic rings. The number of aliphatic carboxylic acids is 1. The summed E-state index contributed by atoms with van der Waals surface area (Å²) in [6.07, 6.45) is 2.58. The molecule has 2 heterocycles. The van der Waals surface area contributed by atoms with Gasteiger partial charge in [0.1, 0.15) is 0 Å². The molecule has 0 aliphatic carbocycles. The van der Waals surface area contributed by atoms with Gasteiger partial charge in [-0.1, -0.05) is 0 Å². The van der Waals surface area contributed by atoms with Crippen molar-refractivity contribution >= 4 is 35.2 Å². The Labute approximate surface area is 119 Å². The minimum absolute atomic E-state index is 0.379. The zero-order valence-corrected chi connectivity index (χ0v) is 11.7. The molecule has 1 fully saturated rings. The van der Waals surface area contributed by atoms with Gasteiger partial charge in [-0.05, 0) is 18.2 Å². The van der Waals surface area contributed by atoms with E-state index in [9.17, 15) is 14.4 Å². The fourth-order valence-electron chi connectivity index (χ4n) is 1.83. The van der Waals surface area contributed by atoms with E-state index in [-0.39, 0.29) is 0 Å². The minimum atomic E-state index is -1.00. The van der Waals surface area contributed by atoms with Crippen LogP contribution >= 0.6 is 11.3 Å². The SMILES string of the molecule is CN1CCN(Cc2ccc(C=CC(=O)O)s2)C(=O)C1=O. The van der Waals surface area contributed by atoms with Gasteiger partial charge in [0, 0.05) is 36.0 Å². The molecular formula is C13H14N2O4S. The Morgan fingerprint density at radius 2 is 2.10 bits per heavy atom. The van der Waals surface area contributed by atoms with Crippen molar-refractivity contribution in [2.75, 3.05) is 20.1 Å². The van der Waals surface area contributed by atoms with Gasteiger partial charge in [0.05, 0.1) is 6.54 Å². The van der Waals surface area contributed by atoms with E-state index in [1.54, 1.807) is 13.1 Å². The summed E-state index contributed by atoms with van der Waals surface area (Å²) in [5.41, 5.74) is 0. The number of thiophene rings is 1. The summed E-state index contributed by atoms with van der Waals surface area (Å²) in [4.78, 5) is 38.5. The summed E-state index contributed by atoms with van der Waals surface area (Å²) in [6, 6.07) is 3.63. The molecule has 106 valence electrons. The Morgan fingerprint density at radius 1 is 1.35 bits per heavy atom. The first-order valence-electron chi connectivity index (χ1n) is 6.01. The van der Waals surface area contributed by atoms with E-state index in [4.69, 9.17) is 5.11 Å². The topological polar surface area (TPSA) is 77.9 Å². The van der Waals surface area contributed by atoms with E-state index in [1.165, 1.54) is 27.2 Å². The quantitative estimate of drug-likeness (QED) is 0.653. The summed E-state index contributed by atoms with van der Waals surface area (Å²) in [7, 11) is 1.61. The number of hydrogen-bond acceptors (Lipinski definition) is 4. The minimum Gasteiger partial charge on any atom is -0.478 e. The molecule has 0 unspecified atom stereocenters. The molecule has 7 heteroatoms. The van der Waals surface area contributed by atoms with Gasteiger partial charge in [-0.25, -0.2) is 4.79 Å². The maximum Gasteiger partial charge on any atom is 0.328 e. The molecular weight excluding hydrogens is 280 g/mol. The van der Waals surface area contributed by atoms with E-state index in [0.29, 0.717) is 19.6 Å². The molecule has 0 atom stereocenters. The molecule has 6 nitrogen and oxygen atoms in total. The second-order valence-electron chi connectivity index (χ2n) is 4.43. The van der Waals surface area contributed by atoms with Crippen molar-refractivity contribution in [2.45, 2.75) is 6.54 Å². The Hall–Kier alpha value is -2.15. The number of carbonyl (C=O) groups excluding carboxylic acids is 2. The number of carboxylic acids is 1. The first kappa shape index (κ1) is 14.3. The van der Waals surface area contributed by atoms with E-state index >= 15 is 0 Å². The highest BCUT2D eigenvalue weighted by Crippen LogP contribution is 2.20. The van der Waals surface area contributed by atoms with Gasteiger partial charge in [0.25, 0.3) is 0 Å². The average Bonchev–Trinajstić information content (AvgIpc) is 2.85. The van der Waals surface area contributed by atoms with Gasteiger partial charge in [-0.3, -0.25) is 9.59 Å². The predicted octanol–water partition coefficient (Wildman–Crippen LogP) is 0.647. The van der Waals surface area contributed by atoms with E-state index in [1.807, 2.05) is 6.07 Å². The number of amides is 2. The highest BCUT2D eigenvalue weighted by Gasteiger charge is 2.30. The Balaban J connectivity index is 2.02.